The number of carbonyl (C=O) groups is 2. The van der Waals surface area contributed by atoms with Crippen molar-refractivity contribution >= 4 is 22.9 Å². The van der Waals surface area contributed by atoms with Gasteiger partial charge in [0, 0.05) is 18.2 Å². The van der Waals surface area contributed by atoms with E-state index in [2.05, 4.69) is 20.8 Å². The van der Waals surface area contributed by atoms with Crippen LogP contribution in [0, 0.1) is 5.82 Å². The summed E-state index contributed by atoms with van der Waals surface area (Å²) in [5.41, 5.74) is 0.0140. The van der Waals surface area contributed by atoms with Crippen LogP contribution >= 0.6 is 0 Å². The molecule has 3 amide bonds. The third-order valence-electron chi connectivity index (χ3n) is 6.70. The van der Waals surface area contributed by atoms with Crippen molar-refractivity contribution in [2.75, 3.05) is 6.54 Å². The van der Waals surface area contributed by atoms with Crippen molar-refractivity contribution in [1.29, 1.82) is 0 Å². The second-order valence-electron chi connectivity index (χ2n) is 9.54. The number of amides is 3. The summed E-state index contributed by atoms with van der Waals surface area (Å²) >= 11 is 0. The molecule has 2 N–H and O–H groups in total. The Morgan fingerprint density at radius 2 is 1.77 bits per heavy atom. The van der Waals surface area contributed by atoms with E-state index in [9.17, 15) is 31.9 Å². The Bertz CT molecular complexity index is 1930. The number of imide groups is 1. The van der Waals surface area contributed by atoms with E-state index in [0.717, 1.165) is 6.07 Å². The molecule has 3 aromatic carbocycles. The SMILES string of the molecule is O=C1NCC(c2ccc(-c3coc4cc(OCc5noc(-c6cc(F)cc(C(F)(F)F)c6)n5)ccc4c3=O)cc2)C(=O)N1. The van der Waals surface area contributed by atoms with Crippen LogP contribution in [0.15, 0.2) is 80.7 Å². The highest BCUT2D eigenvalue weighted by Gasteiger charge is 2.32. The number of benzene rings is 3. The van der Waals surface area contributed by atoms with E-state index in [0.29, 0.717) is 28.8 Å². The number of rotatable bonds is 6. The van der Waals surface area contributed by atoms with E-state index in [-0.39, 0.29) is 52.6 Å². The van der Waals surface area contributed by atoms with Gasteiger partial charge in [-0.05, 0) is 41.5 Å². The van der Waals surface area contributed by atoms with Gasteiger partial charge in [0.2, 0.25) is 11.7 Å². The molecule has 0 saturated carbocycles. The third kappa shape index (κ3) is 5.66. The van der Waals surface area contributed by atoms with E-state index < -0.39 is 35.4 Å². The number of halogens is 4. The van der Waals surface area contributed by atoms with E-state index in [1.165, 1.54) is 24.5 Å². The average molecular weight is 594 g/mol. The van der Waals surface area contributed by atoms with Crippen LogP contribution in [0.3, 0.4) is 0 Å². The first-order valence-electron chi connectivity index (χ1n) is 12.6. The molecular weight excluding hydrogens is 576 g/mol. The highest BCUT2D eigenvalue weighted by molar-refractivity contribution is 6.00. The molecule has 3 heterocycles. The molecule has 0 radical (unpaired) electrons. The molecule has 0 aliphatic carbocycles. The lowest BCUT2D eigenvalue weighted by atomic mass is 9.94. The van der Waals surface area contributed by atoms with Crippen LogP contribution in [0.2, 0.25) is 0 Å². The van der Waals surface area contributed by atoms with Crippen LogP contribution in [0.5, 0.6) is 5.75 Å². The van der Waals surface area contributed by atoms with Crippen molar-refractivity contribution in [1.82, 2.24) is 20.8 Å². The summed E-state index contributed by atoms with van der Waals surface area (Å²) in [5, 5.41) is 8.73. The van der Waals surface area contributed by atoms with Gasteiger partial charge in [-0.15, -0.1) is 0 Å². The van der Waals surface area contributed by atoms with Gasteiger partial charge in [-0.2, -0.15) is 18.2 Å². The molecule has 0 bridgehead atoms. The van der Waals surface area contributed by atoms with Gasteiger partial charge in [0.15, 0.2) is 12.0 Å². The van der Waals surface area contributed by atoms with E-state index in [1.54, 1.807) is 24.3 Å². The van der Waals surface area contributed by atoms with Crippen LogP contribution in [0.4, 0.5) is 22.4 Å². The van der Waals surface area contributed by atoms with Gasteiger partial charge in [0.05, 0.1) is 22.4 Å². The standard InChI is InChI=1S/C29H18F4N4O6/c30-18-8-16(7-17(9-18)29(31,32)33)27-35-24(37-43-27)13-41-19-5-6-20-23(10-19)42-12-22(25(20)38)15-3-1-14(2-4-15)21-11-34-28(40)36-26(21)39/h1-10,12,21H,11,13H2,(H2,34,36,39,40). The van der Waals surface area contributed by atoms with Crippen molar-refractivity contribution in [2.24, 2.45) is 0 Å². The maximum atomic E-state index is 13.7. The normalized spacial score (nSPS) is 15.3. The number of alkyl halides is 3. The largest absolute Gasteiger partial charge is 0.485 e. The van der Waals surface area contributed by atoms with E-state index in [1.807, 2.05) is 0 Å². The van der Waals surface area contributed by atoms with Gasteiger partial charge in [0.1, 0.15) is 23.4 Å². The van der Waals surface area contributed by atoms with Gasteiger partial charge in [-0.25, -0.2) is 9.18 Å². The predicted molar refractivity (Wildman–Crippen MR) is 141 cm³/mol. The first kappa shape index (κ1) is 27.6. The highest BCUT2D eigenvalue weighted by Crippen LogP contribution is 2.33. The highest BCUT2D eigenvalue weighted by atomic mass is 19.4. The minimum atomic E-state index is -4.76. The van der Waals surface area contributed by atoms with Crippen molar-refractivity contribution < 1.29 is 40.8 Å². The van der Waals surface area contributed by atoms with E-state index >= 15 is 0 Å². The fourth-order valence-corrected chi connectivity index (χ4v) is 4.55. The lowest BCUT2D eigenvalue weighted by Gasteiger charge is -2.22. The summed E-state index contributed by atoms with van der Waals surface area (Å²) in [5.74, 6) is -2.12. The minimum Gasteiger partial charge on any atom is -0.485 e. The van der Waals surface area contributed by atoms with Crippen LogP contribution in [0.1, 0.15) is 22.9 Å². The lowest BCUT2D eigenvalue weighted by molar-refractivity contribution is -0.137. The quantitative estimate of drug-likeness (QED) is 0.257. The molecule has 1 aliphatic rings. The smallest absolute Gasteiger partial charge is 0.416 e. The number of nitrogens with one attached hydrogen (secondary N) is 2. The zero-order chi connectivity index (χ0) is 30.3. The Labute approximate surface area is 238 Å². The van der Waals surface area contributed by atoms with E-state index in [4.69, 9.17) is 13.7 Å². The number of nitrogens with zero attached hydrogens (tertiary/aromatic N) is 2. The van der Waals surface area contributed by atoms with Crippen LogP contribution in [0.25, 0.3) is 33.6 Å². The number of ether oxygens (including phenoxy) is 1. The van der Waals surface area contributed by atoms with Gasteiger partial charge in [-0.3, -0.25) is 14.9 Å². The van der Waals surface area contributed by atoms with Crippen LogP contribution in [-0.2, 0) is 17.6 Å². The Morgan fingerprint density at radius 1 is 0.977 bits per heavy atom. The molecule has 2 aromatic heterocycles. The Balaban J connectivity index is 1.16. The summed E-state index contributed by atoms with van der Waals surface area (Å²) in [6.07, 6.45) is -3.45. The average Bonchev–Trinajstić information content (AvgIpc) is 3.45. The second kappa shape index (κ2) is 10.7. The molecule has 5 aromatic rings. The predicted octanol–water partition coefficient (Wildman–Crippen LogP) is 5.17. The molecular formula is C29H18F4N4O6. The monoisotopic (exact) mass is 594 g/mol. The Hall–Kier alpha value is -5.53. The van der Waals surface area contributed by atoms with Crippen molar-refractivity contribution in [2.45, 2.75) is 18.7 Å². The zero-order valence-electron chi connectivity index (χ0n) is 21.7. The fraction of sp³-hybridized carbons (Fsp3) is 0.138. The Morgan fingerprint density at radius 3 is 2.51 bits per heavy atom. The number of urea groups is 1. The maximum Gasteiger partial charge on any atom is 0.416 e. The molecule has 1 atom stereocenters. The van der Waals surface area contributed by atoms with Crippen LogP contribution < -0.4 is 20.8 Å². The van der Waals surface area contributed by atoms with Crippen molar-refractivity contribution in [3.8, 4) is 28.3 Å². The topological polar surface area (TPSA) is 137 Å². The molecule has 1 aliphatic heterocycles. The summed E-state index contributed by atoms with van der Waals surface area (Å²) < 4.78 is 69.1. The summed E-state index contributed by atoms with van der Waals surface area (Å²) in [6.45, 7) is -0.0793. The van der Waals surface area contributed by atoms with Crippen molar-refractivity contribution in [3.05, 3.63) is 99.9 Å². The Kier molecular flexibility index (Phi) is 6.88. The molecule has 14 heteroatoms. The number of hydrogen-bond donors (Lipinski definition) is 2. The molecule has 10 nitrogen and oxygen atoms in total. The molecule has 1 saturated heterocycles. The number of fused-ring (bicyclic) bond motifs is 1. The number of hydrogen-bond acceptors (Lipinski definition) is 8. The molecule has 43 heavy (non-hydrogen) atoms. The lowest BCUT2D eigenvalue weighted by Crippen LogP contribution is -2.50. The molecule has 1 fully saturated rings. The molecule has 1 unspecified atom stereocenters. The third-order valence-corrected chi connectivity index (χ3v) is 6.70. The van der Waals surface area contributed by atoms with Gasteiger partial charge < -0.3 is 19.0 Å². The number of carbonyl (C=O) groups excluding carboxylic acids is 2. The van der Waals surface area contributed by atoms with Crippen molar-refractivity contribution in [3.63, 3.8) is 0 Å². The first-order valence-corrected chi connectivity index (χ1v) is 12.6. The second-order valence-corrected chi connectivity index (χ2v) is 9.54. The molecule has 218 valence electrons. The van der Waals surface area contributed by atoms with Gasteiger partial charge >= 0.3 is 12.2 Å². The van der Waals surface area contributed by atoms with Gasteiger partial charge in [-0.1, -0.05) is 29.4 Å². The number of aromatic nitrogens is 2. The summed E-state index contributed by atoms with van der Waals surface area (Å²) in [7, 11) is 0. The summed E-state index contributed by atoms with van der Waals surface area (Å²) in [4.78, 5) is 40.6. The molecule has 0 spiro atoms. The zero-order valence-corrected chi connectivity index (χ0v) is 21.7. The van der Waals surface area contributed by atoms with Crippen LogP contribution in [-0.4, -0.2) is 28.6 Å². The first-order chi connectivity index (χ1) is 20.5. The summed E-state index contributed by atoms with van der Waals surface area (Å²) in [6, 6.07) is 12.6. The van der Waals surface area contributed by atoms with Gasteiger partial charge in [0.25, 0.3) is 5.89 Å². The fourth-order valence-electron chi connectivity index (χ4n) is 4.55. The molecule has 6 rings (SSSR count). The maximum absolute atomic E-state index is 13.7. The minimum absolute atomic E-state index is 0.0127.